The molecule has 0 saturated carbocycles. The van der Waals surface area contributed by atoms with E-state index in [1.165, 1.54) is 0 Å². The molecule has 1 N–H and O–H groups in total. The summed E-state index contributed by atoms with van der Waals surface area (Å²) < 4.78 is 16.1. The zero-order valence-electron chi connectivity index (χ0n) is 17.1. The molecule has 1 aliphatic rings. The van der Waals surface area contributed by atoms with Crippen molar-refractivity contribution in [2.45, 2.75) is 38.8 Å². The van der Waals surface area contributed by atoms with Crippen molar-refractivity contribution in [3.8, 4) is 11.5 Å². The Morgan fingerprint density at radius 2 is 1.89 bits per heavy atom. The summed E-state index contributed by atoms with van der Waals surface area (Å²) >= 11 is 0. The van der Waals surface area contributed by atoms with Gasteiger partial charge >= 0.3 is 0 Å². The molecule has 1 aromatic heterocycles. The van der Waals surface area contributed by atoms with Gasteiger partial charge in [-0.05, 0) is 29.3 Å². The molecule has 1 aliphatic heterocycles. The lowest BCUT2D eigenvalue weighted by Crippen LogP contribution is -2.53. The largest absolute Gasteiger partial charge is 0.497 e. The van der Waals surface area contributed by atoms with Crippen LogP contribution in [0.4, 0.5) is 5.95 Å². The van der Waals surface area contributed by atoms with Crippen LogP contribution in [0, 0.1) is 0 Å². The Morgan fingerprint density at radius 1 is 1.18 bits per heavy atom. The van der Waals surface area contributed by atoms with Crippen LogP contribution < -0.4 is 14.4 Å². The number of anilines is 1. The second-order valence-electron chi connectivity index (χ2n) is 7.39. The Kier molecular flexibility index (Phi) is 6.74. The number of nitrogens with zero attached hydrogens (tertiary/aromatic N) is 4. The summed E-state index contributed by atoms with van der Waals surface area (Å²) in [6, 6.07) is 6.12. The number of hydrogen-bond acceptors (Lipinski definition) is 8. The maximum atomic E-state index is 9.57. The van der Waals surface area contributed by atoms with Crippen LogP contribution in [0.15, 0.2) is 22.7 Å². The van der Waals surface area contributed by atoms with Gasteiger partial charge in [-0.25, -0.2) is 0 Å². The van der Waals surface area contributed by atoms with E-state index in [4.69, 9.17) is 14.0 Å². The number of piperazine rings is 1. The van der Waals surface area contributed by atoms with Crippen LogP contribution >= 0.6 is 0 Å². The zero-order valence-corrected chi connectivity index (χ0v) is 17.1. The SMILES string of the molecule is COc1cc(CN2CCN(c3noc(C(C)C)n3)C[C@H]2CCO)cc(OC)c1. The van der Waals surface area contributed by atoms with Crippen molar-refractivity contribution in [1.82, 2.24) is 15.0 Å². The van der Waals surface area contributed by atoms with E-state index in [-0.39, 0.29) is 18.6 Å². The third-order valence-corrected chi connectivity index (χ3v) is 5.07. The Labute approximate surface area is 166 Å². The smallest absolute Gasteiger partial charge is 0.266 e. The van der Waals surface area contributed by atoms with Gasteiger partial charge in [0.15, 0.2) is 0 Å². The van der Waals surface area contributed by atoms with E-state index in [1.54, 1.807) is 14.2 Å². The predicted octanol–water partition coefficient (Wildman–Crippen LogP) is 2.28. The van der Waals surface area contributed by atoms with Gasteiger partial charge in [-0.15, -0.1) is 0 Å². The molecule has 3 rings (SSSR count). The van der Waals surface area contributed by atoms with E-state index in [0.29, 0.717) is 18.3 Å². The molecule has 0 unspecified atom stereocenters. The minimum atomic E-state index is 0.139. The minimum absolute atomic E-state index is 0.139. The molecule has 1 saturated heterocycles. The molecule has 1 atom stereocenters. The summed E-state index contributed by atoms with van der Waals surface area (Å²) in [6.45, 7) is 7.36. The summed E-state index contributed by atoms with van der Waals surface area (Å²) in [4.78, 5) is 9.03. The molecule has 8 heteroatoms. The molecule has 0 amide bonds. The highest BCUT2D eigenvalue weighted by atomic mass is 16.5. The highest BCUT2D eigenvalue weighted by Gasteiger charge is 2.29. The molecule has 8 nitrogen and oxygen atoms in total. The van der Waals surface area contributed by atoms with Crippen LogP contribution in [0.2, 0.25) is 0 Å². The van der Waals surface area contributed by atoms with E-state index in [9.17, 15) is 5.11 Å². The van der Waals surface area contributed by atoms with Crippen molar-refractivity contribution >= 4 is 5.95 Å². The van der Waals surface area contributed by atoms with Gasteiger partial charge in [-0.2, -0.15) is 4.98 Å². The quantitative estimate of drug-likeness (QED) is 0.735. The second kappa shape index (κ2) is 9.25. The Morgan fingerprint density at radius 3 is 2.46 bits per heavy atom. The lowest BCUT2D eigenvalue weighted by atomic mass is 10.1. The first-order valence-corrected chi connectivity index (χ1v) is 9.69. The number of aliphatic hydroxyl groups excluding tert-OH is 1. The van der Waals surface area contributed by atoms with E-state index in [1.807, 2.05) is 32.0 Å². The van der Waals surface area contributed by atoms with Gasteiger partial charge in [0.25, 0.3) is 5.95 Å². The third kappa shape index (κ3) is 4.74. The second-order valence-corrected chi connectivity index (χ2v) is 7.39. The van der Waals surface area contributed by atoms with Crippen LogP contribution in [0.1, 0.15) is 37.6 Å². The van der Waals surface area contributed by atoms with E-state index >= 15 is 0 Å². The van der Waals surface area contributed by atoms with E-state index in [0.717, 1.165) is 43.2 Å². The van der Waals surface area contributed by atoms with Gasteiger partial charge in [-0.1, -0.05) is 13.8 Å². The summed E-state index contributed by atoms with van der Waals surface area (Å²) in [5.74, 6) is 3.05. The molecular weight excluding hydrogens is 360 g/mol. The molecule has 0 spiro atoms. The molecule has 0 bridgehead atoms. The van der Waals surface area contributed by atoms with Gasteiger partial charge < -0.3 is 24.0 Å². The van der Waals surface area contributed by atoms with Crippen molar-refractivity contribution in [2.24, 2.45) is 0 Å². The molecule has 2 heterocycles. The predicted molar refractivity (Wildman–Crippen MR) is 106 cm³/mol. The van der Waals surface area contributed by atoms with Crippen LogP contribution in [-0.2, 0) is 6.54 Å². The molecule has 154 valence electrons. The maximum Gasteiger partial charge on any atom is 0.266 e. The number of rotatable bonds is 8. The monoisotopic (exact) mass is 390 g/mol. The highest BCUT2D eigenvalue weighted by Crippen LogP contribution is 2.26. The first-order valence-electron chi connectivity index (χ1n) is 9.69. The lowest BCUT2D eigenvalue weighted by molar-refractivity contribution is 0.134. The van der Waals surface area contributed by atoms with Gasteiger partial charge in [0, 0.05) is 50.8 Å². The minimum Gasteiger partial charge on any atom is -0.497 e. The van der Waals surface area contributed by atoms with Crippen LogP contribution in [0.5, 0.6) is 11.5 Å². The molecule has 2 aromatic rings. The normalized spacial score (nSPS) is 17.9. The van der Waals surface area contributed by atoms with E-state index in [2.05, 4.69) is 19.9 Å². The van der Waals surface area contributed by atoms with Crippen LogP contribution in [0.25, 0.3) is 0 Å². The molecule has 1 aromatic carbocycles. The number of aliphatic hydroxyl groups is 1. The van der Waals surface area contributed by atoms with Crippen LogP contribution in [0.3, 0.4) is 0 Å². The first kappa shape index (κ1) is 20.4. The first-order chi connectivity index (χ1) is 13.5. The fraction of sp³-hybridized carbons (Fsp3) is 0.600. The van der Waals surface area contributed by atoms with Crippen molar-refractivity contribution in [2.75, 3.05) is 45.4 Å². The van der Waals surface area contributed by atoms with Gasteiger partial charge in [-0.3, -0.25) is 4.90 Å². The summed E-state index contributed by atoms with van der Waals surface area (Å²) in [5, 5.41) is 13.7. The summed E-state index contributed by atoms with van der Waals surface area (Å²) in [7, 11) is 3.31. The summed E-state index contributed by atoms with van der Waals surface area (Å²) in [5.41, 5.74) is 1.12. The molecule has 1 fully saturated rings. The van der Waals surface area contributed by atoms with Crippen molar-refractivity contribution < 1.29 is 19.1 Å². The number of aromatic nitrogens is 2. The fourth-order valence-electron chi connectivity index (χ4n) is 3.49. The number of methoxy groups -OCH3 is 2. The Bertz CT molecular complexity index is 742. The van der Waals surface area contributed by atoms with Crippen molar-refractivity contribution in [3.63, 3.8) is 0 Å². The lowest BCUT2D eigenvalue weighted by Gasteiger charge is -2.41. The number of benzene rings is 1. The molecular formula is C20H30N4O4. The molecule has 0 aliphatic carbocycles. The van der Waals surface area contributed by atoms with Gasteiger partial charge in [0.05, 0.1) is 14.2 Å². The Balaban J connectivity index is 1.72. The molecule has 28 heavy (non-hydrogen) atoms. The van der Waals surface area contributed by atoms with E-state index < -0.39 is 0 Å². The topological polar surface area (TPSA) is 84.1 Å². The number of hydrogen-bond donors (Lipinski definition) is 1. The van der Waals surface area contributed by atoms with Crippen molar-refractivity contribution in [3.05, 3.63) is 29.7 Å². The average molecular weight is 390 g/mol. The standard InChI is InChI=1S/C20H30N4O4/c1-14(2)19-21-20(22-28-19)24-7-6-23(16(13-24)5-8-25)12-15-9-17(26-3)11-18(10-15)27-4/h9-11,14,16,25H,5-8,12-13H2,1-4H3/t16-/m1/s1. The van der Waals surface area contributed by atoms with Gasteiger partial charge in [0.1, 0.15) is 11.5 Å². The fourth-order valence-corrected chi connectivity index (χ4v) is 3.49. The van der Waals surface area contributed by atoms with Gasteiger partial charge in [0.2, 0.25) is 5.89 Å². The van der Waals surface area contributed by atoms with Crippen molar-refractivity contribution in [1.29, 1.82) is 0 Å². The maximum absolute atomic E-state index is 9.57. The Hall–Kier alpha value is -2.32. The van der Waals surface area contributed by atoms with Crippen LogP contribution in [-0.4, -0.2) is 66.6 Å². The molecule has 0 radical (unpaired) electrons. The average Bonchev–Trinajstić information content (AvgIpc) is 3.19. The zero-order chi connectivity index (χ0) is 20.1. The highest BCUT2D eigenvalue weighted by molar-refractivity contribution is 5.38. The third-order valence-electron chi connectivity index (χ3n) is 5.07. The number of ether oxygens (including phenoxy) is 2. The summed E-state index contributed by atoms with van der Waals surface area (Å²) in [6.07, 6.45) is 0.687.